The van der Waals surface area contributed by atoms with Gasteiger partial charge in [-0.15, -0.1) is 0 Å². The number of hydrogen-bond donors (Lipinski definition) is 0. The van der Waals surface area contributed by atoms with Crippen LogP contribution in [-0.2, 0) is 0 Å². The van der Waals surface area contributed by atoms with Gasteiger partial charge in [-0.1, -0.05) is 73.6 Å². The van der Waals surface area contributed by atoms with Crippen molar-refractivity contribution in [1.29, 1.82) is 0 Å². The van der Waals surface area contributed by atoms with Gasteiger partial charge in [-0.05, 0) is 11.8 Å². The first-order valence-electron chi connectivity index (χ1n) is 6.13. The molecule has 0 spiro atoms. The van der Waals surface area contributed by atoms with E-state index in [9.17, 15) is 0 Å². The van der Waals surface area contributed by atoms with E-state index >= 15 is 0 Å². The summed E-state index contributed by atoms with van der Waals surface area (Å²) in [7, 11) is 0. The zero-order valence-electron chi connectivity index (χ0n) is 10.7. The van der Waals surface area contributed by atoms with E-state index in [1.54, 1.807) is 0 Å². The van der Waals surface area contributed by atoms with Crippen LogP contribution in [0.25, 0.3) is 0 Å². The molecule has 0 saturated heterocycles. The van der Waals surface area contributed by atoms with E-state index < -0.39 is 0 Å². The van der Waals surface area contributed by atoms with Gasteiger partial charge < -0.3 is 0 Å². The maximum absolute atomic E-state index is 2.36. The van der Waals surface area contributed by atoms with Crippen molar-refractivity contribution in [2.45, 2.75) is 73.6 Å². The van der Waals surface area contributed by atoms with Crippen LogP contribution in [0.15, 0.2) is 0 Å². The van der Waals surface area contributed by atoms with Crippen LogP contribution in [0.4, 0.5) is 0 Å². The maximum Gasteiger partial charge on any atom is -0.0417 e. The lowest BCUT2D eigenvalue weighted by molar-refractivity contribution is 0.457. The van der Waals surface area contributed by atoms with Crippen molar-refractivity contribution in [3.8, 4) is 0 Å². The van der Waals surface area contributed by atoms with E-state index in [0.29, 0.717) is 0 Å². The van der Waals surface area contributed by atoms with Crippen LogP contribution in [-0.4, -0.2) is 0 Å². The van der Waals surface area contributed by atoms with Gasteiger partial charge in [-0.25, -0.2) is 0 Å². The zero-order valence-corrected chi connectivity index (χ0v) is 10.7. The summed E-state index contributed by atoms with van der Waals surface area (Å²) < 4.78 is 0. The third-order valence-electron chi connectivity index (χ3n) is 2.29. The minimum Gasteiger partial charge on any atom is -0.0656 e. The van der Waals surface area contributed by atoms with Gasteiger partial charge in [0.2, 0.25) is 0 Å². The van der Waals surface area contributed by atoms with Crippen molar-refractivity contribution >= 4 is 0 Å². The minimum absolute atomic E-state index is 1.01. The summed E-state index contributed by atoms with van der Waals surface area (Å²) in [5.41, 5.74) is 0. The predicted molar refractivity (Wildman–Crippen MR) is 64.1 cm³/mol. The summed E-state index contributed by atoms with van der Waals surface area (Å²) >= 11 is 0. The van der Waals surface area contributed by atoms with Crippen LogP contribution in [0.1, 0.15) is 73.6 Å². The highest BCUT2D eigenvalue weighted by atomic mass is 14.2. The monoisotopic (exact) mass is 186 g/mol. The maximum atomic E-state index is 2.36. The molecule has 0 aliphatic heterocycles. The first-order chi connectivity index (χ1) is 6.13. The third kappa shape index (κ3) is 12.0. The Morgan fingerprint density at radius 2 is 1.00 bits per heavy atom. The Morgan fingerprint density at radius 1 is 0.769 bits per heavy atom. The largest absolute Gasteiger partial charge is 0.0656 e. The van der Waals surface area contributed by atoms with E-state index in [4.69, 9.17) is 0 Å². The molecule has 1 aliphatic carbocycles. The van der Waals surface area contributed by atoms with Gasteiger partial charge in [0.05, 0.1) is 0 Å². The molecule has 2 atom stereocenters. The van der Waals surface area contributed by atoms with Crippen LogP contribution in [0.5, 0.6) is 0 Å². The van der Waals surface area contributed by atoms with Crippen molar-refractivity contribution in [2.75, 3.05) is 0 Å². The van der Waals surface area contributed by atoms with Gasteiger partial charge in [-0.2, -0.15) is 0 Å². The van der Waals surface area contributed by atoms with Crippen LogP contribution in [0.2, 0.25) is 0 Å². The van der Waals surface area contributed by atoms with Crippen LogP contribution in [0.3, 0.4) is 0 Å². The molecule has 13 heavy (non-hydrogen) atoms. The molecule has 0 aromatic rings. The minimum atomic E-state index is 1.01. The standard InChI is InChI=1S/C7H14.2C3H8/c1-6-4-3-5-7(6)2;2*1-3-2/h6-7H,3-5H2,1-2H3;2*3H2,1-2H3. The van der Waals surface area contributed by atoms with E-state index in [1.165, 1.54) is 32.1 Å². The van der Waals surface area contributed by atoms with E-state index in [1.807, 2.05) is 0 Å². The second kappa shape index (κ2) is 12.0. The fourth-order valence-corrected chi connectivity index (χ4v) is 1.33. The molecule has 82 valence electrons. The third-order valence-corrected chi connectivity index (χ3v) is 2.29. The fraction of sp³-hybridized carbons (Fsp3) is 1.00. The Balaban J connectivity index is 0. The Kier molecular flexibility index (Phi) is 14.3. The Bertz CT molecular complexity index is 66.1. The predicted octanol–water partition coefficient (Wildman–Crippen LogP) is 5.28. The van der Waals surface area contributed by atoms with Crippen LogP contribution < -0.4 is 0 Å². The van der Waals surface area contributed by atoms with E-state index in [-0.39, 0.29) is 0 Å². The number of rotatable bonds is 0. The molecule has 2 unspecified atom stereocenters. The molecule has 0 aromatic heterocycles. The first-order valence-corrected chi connectivity index (χ1v) is 6.13. The molecule has 0 aromatic carbocycles. The van der Waals surface area contributed by atoms with Crippen LogP contribution in [0, 0.1) is 11.8 Å². The Morgan fingerprint density at radius 3 is 1.08 bits per heavy atom. The normalized spacial score (nSPS) is 25.4. The van der Waals surface area contributed by atoms with Crippen molar-refractivity contribution in [3.63, 3.8) is 0 Å². The molecule has 1 saturated carbocycles. The second-order valence-electron chi connectivity index (χ2n) is 4.30. The van der Waals surface area contributed by atoms with Crippen molar-refractivity contribution in [2.24, 2.45) is 11.8 Å². The average molecular weight is 186 g/mol. The average Bonchev–Trinajstić information content (AvgIpc) is 2.39. The summed E-state index contributed by atoms with van der Waals surface area (Å²) in [4.78, 5) is 0. The highest BCUT2D eigenvalue weighted by molar-refractivity contribution is 4.69. The van der Waals surface area contributed by atoms with Gasteiger partial charge in [0.25, 0.3) is 0 Å². The molecule has 0 heterocycles. The molecule has 0 radical (unpaired) electrons. The Labute approximate surface area is 86.1 Å². The van der Waals surface area contributed by atoms with Gasteiger partial charge >= 0.3 is 0 Å². The van der Waals surface area contributed by atoms with Gasteiger partial charge in [0, 0.05) is 0 Å². The fourth-order valence-electron chi connectivity index (χ4n) is 1.33. The SMILES string of the molecule is CC1CCCC1C.CCC.CCC. The summed E-state index contributed by atoms with van der Waals surface area (Å²) in [5, 5.41) is 0. The molecule has 0 bridgehead atoms. The molecule has 0 N–H and O–H groups in total. The van der Waals surface area contributed by atoms with Gasteiger partial charge in [-0.3, -0.25) is 0 Å². The molecule has 0 amide bonds. The second-order valence-corrected chi connectivity index (χ2v) is 4.30. The number of hydrogen-bond acceptors (Lipinski definition) is 0. The van der Waals surface area contributed by atoms with E-state index in [0.717, 1.165) is 11.8 Å². The molecule has 1 fully saturated rings. The highest BCUT2D eigenvalue weighted by Crippen LogP contribution is 2.29. The van der Waals surface area contributed by atoms with Crippen molar-refractivity contribution in [1.82, 2.24) is 0 Å². The molecule has 1 rings (SSSR count). The summed E-state index contributed by atoms with van der Waals surface area (Å²) in [5.74, 6) is 2.03. The lowest BCUT2D eigenvalue weighted by Crippen LogP contribution is -1.95. The zero-order chi connectivity index (χ0) is 10.7. The molecule has 0 nitrogen and oxygen atoms in total. The molecule has 0 heteroatoms. The first kappa shape index (κ1) is 15.5. The molecular formula is C13H30. The van der Waals surface area contributed by atoms with Gasteiger partial charge in [0.1, 0.15) is 0 Å². The topological polar surface area (TPSA) is 0 Å². The lowest BCUT2D eigenvalue weighted by atomic mass is 10.0. The summed E-state index contributed by atoms with van der Waals surface area (Å²) in [6.07, 6.45) is 6.92. The smallest absolute Gasteiger partial charge is 0.0417 e. The quantitative estimate of drug-likeness (QED) is 0.483. The highest BCUT2D eigenvalue weighted by Gasteiger charge is 2.17. The Hall–Kier alpha value is 0. The van der Waals surface area contributed by atoms with Crippen LogP contribution >= 0.6 is 0 Å². The molecular weight excluding hydrogens is 156 g/mol. The molecule has 1 aliphatic rings. The summed E-state index contributed by atoms with van der Waals surface area (Å²) in [6.45, 7) is 13.2. The van der Waals surface area contributed by atoms with E-state index in [2.05, 4.69) is 41.5 Å². The van der Waals surface area contributed by atoms with Crippen molar-refractivity contribution in [3.05, 3.63) is 0 Å². The van der Waals surface area contributed by atoms with Crippen molar-refractivity contribution < 1.29 is 0 Å². The lowest BCUT2D eigenvalue weighted by Gasteiger charge is -2.05. The van der Waals surface area contributed by atoms with Gasteiger partial charge in [0.15, 0.2) is 0 Å². The summed E-state index contributed by atoms with van der Waals surface area (Å²) in [6, 6.07) is 0.